The number of aromatic nitrogens is 5. The van der Waals surface area contributed by atoms with Crippen molar-refractivity contribution in [3.05, 3.63) is 43.0 Å². The van der Waals surface area contributed by atoms with Crippen LogP contribution in [0.4, 0.5) is 5.95 Å². The fourth-order valence-electron chi connectivity index (χ4n) is 2.38. The van der Waals surface area contributed by atoms with E-state index in [-0.39, 0.29) is 12.0 Å². The van der Waals surface area contributed by atoms with Crippen molar-refractivity contribution in [1.82, 2.24) is 24.7 Å². The maximum Gasteiger partial charge on any atom is 0.220 e. The number of anilines is 1. The lowest BCUT2D eigenvalue weighted by molar-refractivity contribution is -0.0285. The Balaban J connectivity index is 1.86. The Kier molecular flexibility index (Phi) is 3.05. The lowest BCUT2D eigenvalue weighted by atomic mass is 10.1. The quantitative estimate of drug-likeness (QED) is 0.788. The topological polar surface area (TPSA) is 91.7 Å². The van der Waals surface area contributed by atoms with Crippen LogP contribution in [0.25, 0.3) is 22.5 Å². The highest BCUT2D eigenvalue weighted by Gasteiger charge is 2.24. The summed E-state index contributed by atoms with van der Waals surface area (Å²) < 4.78 is 7.18. The smallest absolute Gasteiger partial charge is 0.220 e. The summed E-state index contributed by atoms with van der Waals surface area (Å²) >= 11 is 0. The van der Waals surface area contributed by atoms with Gasteiger partial charge in [0.25, 0.3) is 0 Å². The second-order valence-corrected chi connectivity index (χ2v) is 5.10. The summed E-state index contributed by atoms with van der Waals surface area (Å²) in [5.74, 6) is 0.245. The molecule has 22 heavy (non-hydrogen) atoms. The van der Waals surface area contributed by atoms with Crippen LogP contribution < -0.4 is 5.73 Å². The first kappa shape index (κ1) is 12.9. The van der Waals surface area contributed by atoms with E-state index in [0.717, 1.165) is 22.5 Å². The Morgan fingerprint density at radius 3 is 2.82 bits per heavy atom. The molecule has 4 rings (SSSR count). The normalized spacial score (nSPS) is 14.7. The number of hydrogen-bond donors (Lipinski definition) is 1. The first-order valence-electron chi connectivity index (χ1n) is 6.97. The third-order valence-corrected chi connectivity index (χ3v) is 3.61. The van der Waals surface area contributed by atoms with Gasteiger partial charge < -0.3 is 10.5 Å². The molecule has 1 aliphatic rings. The second kappa shape index (κ2) is 5.19. The van der Waals surface area contributed by atoms with Gasteiger partial charge in [0.1, 0.15) is 5.69 Å². The van der Waals surface area contributed by atoms with Crippen molar-refractivity contribution in [2.45, 2.75) is 6.04 Å². The average Bonchev–Trinajstić information content (AvgIpc) is 2.91. The number of nitrogens with zero attached hydrogens (tertiary/aromatic N) is 5. The van der Waals surface area contributed by atoms with Crippen molar-refractivity contribution in [3.63, 3.8) is 0 Å². The third-order valence-electron chi connectivity index (χ3n) is 3.61. The van der Waals surface area contributed by atoms with Gasteiger partial charge in [0, 0.05) is 35.9 Å². The lowest BCUT2D eigenvalue weighted by Gasteiger charge is -2.25. The molecular weight excluding hydrogens is 280 g/mol. The van der Waals surface area contributed by atoms with Crippen LogP contribution in [0.2, 0.25) is 0 Å². The largest absolute Gasteiger partial charge is 0.377 e. The molecule has 1 fully saturated rings. The Bertz CT molecular complexity index is 797. The third kappa shape index (κ3) is 2.21. The molecular formula is C15H14N6O. The highest BCUT2D eigenvalue weighted by molar-refractivity contribution is 5.78. The zero-order chi connectivity index (χ0) is 14.9. The Morgan fingerprint density at radius 2 is 2.14 bits per heavy atom. The maximum absolute atomic E-state index is 5.71. The van der Waals surface area contributed by atoms with Crippen LogP contribution in [0.5, 0.6) is 0 Å². The zero-order valence-electron chi connectivity index (χ0n) is 11.8. The summed E-state index contributed by atoms with van der Waals surface area (Å²) in [5, 5.41) is 4.70. The number of nitrogens with two attached hydrogens (primary N) is 1. The molecule has 0 spiro atoms. The van der Waals surface area contributed by atoms with Crippen LogP contribution >= 0.6 is 0 Å². The van der Waals surface area contributed by atoms with Crippen LogP contribution in [-0.4, -0.2) is 37.9 Å². The molecule has 0 radical (unpaired) electrons. The van der Waals surface area contributed by atoms with Crippen molar-refractivity contribution < 1.29 is 4.74 Å². The van der Waals surface area contributed by atoms with Crippen molar-refractivity contribution in [1.29, 1.82) is 0 Å². The Hall–Kier alpha value is -2.80. The van der Waals surface area contributed by atoms with Crippen LogP contribution in [0.3, 0.4) is 0 Å². The Labute approximate surface area is 126 Å². The molecule has 0 unspecified atom stereocenters. The molecule has 110 valence electrons. The highest BCUT2D eigenvalue weighted by atomic mass is 16.5. The summed E-state index contributed by atoms with van der Waals surface area (Å²) in [6.45, 7) is 1.36. The molecule has 7 nitrogen and oxygen atoms in total. The second-order valence-electron chi connectivity index (χ2n) is 5.10. The van der Waals surface area contributed by atoms with E-state index in [4.69, 9.17) is 15.6 Å². The van der Waals surface area contributed by atoms with Gasteiger partial charge in [-0.25, -0.2) is 9.97 Å². The molecule has 3 aromatic rings. The molecule has 3 aromatic heterocycles. The summed E-state index contributed by atoms with van der Waals surface area (Å²) in [6, 6.07) is 5.96. The van der Waals surface area contributed by atoms with Crippen LogP contribution in [0.1, 0.15) is 6.04 Å². The van der Waals surface area contributed by atoms with E-state index in [9.17, 15) is 0 Å². The van der Waals surface area contributed by atoms with Gasteiger partial charge >= 0.3 is 0 Å². The van der Waals surface area contributed by atoms with Crippen molar-refractivity contribution >= 4 is 5.95 Å². The van der Waals surface area contributed by atoms with Crippen LogP contribution in [-0.2, 0) is 4.74 Å². The number of nitrogen functional groups attached to an aromatic ring is 1. The van der Waals surface area contributed by atoms with Gasteiger partial charge in [-0.3, -0.25) is 9.67 Å². The summed E-state index contributed by atoms with van der Waals surface area (Å²) in [7, 11) is 0. The predicted molar refractivity (Wildman–Crippen MR) is 80.8 cm³/mol. The van der Waals surface area contributed by atoms with Gasteiger partial charge in [-0.15, -0.1) is 0 Å². The SMILES string of the molecule is Nc1nccc(-c2cn(C3COC3)nc2-c2cccnc2)n1. The van der Waals surface area contributed by atoms with Gasteiger partial charge in [-0.05, 0) is 18.2 Å². The van der Waals surface area contributed by atoms with Gasteiger partial charge in [0.2, 0.25) is 5.95 Å². The number of rotatable bonds is 3. The average molecular weight is 294 g/mol. The highest BCUT2D eigenvalue weighted by Crippen LogP contribution is 2.31. The van der Waals surface area contributed by atoms with Gasteiger partial charge in [0.15, 0.2) is 0 Å². The monoisotopic (exact) mass is 294 g/mol. The fourth-order valence-corrected chi connectivity index (χ4v) is 2.38. The molecule has 7 heteroatoms. The minimum Gasteiger partial charge on any atom is -0.377 e. The molecule has 2 N–H and O–H groups in total. The van der Waals surface area contributed by atoms with Crippen molar-refractivity contribution in [2.75, 3.05) is 18.9 Å². The van der Waals surface area contributed by atoms with E-state index in [1.54, 1.807) is 18.6 Å². The number of ether oxygens (including phenoxy) is 1. The fraction of sp³-hybridized carbons (Fsp3) is 0.200. The van der Waals surface area contributed by atoms with Gasteiger partial charge in [-0.1, -0.05) is 0 Å². The molecule has 1 saturated heterocycles. The first-order valence-corrected chi connectivity index (χ1v) is 6.97. The number of pyridine rings is 1. The van der Waals surface area contributed by atoms with E-state index >= 15 is 0 Å². The first-order chi connectivity index (χ1) is 10.8. The molecule has 0 amide bonds. The molecule has 0 aromatic carbocycles. The summed E-state index contributed by atoms with van der Waals surface area (Å²) in [4.78, 5) is 12.4. The van der Waals surface area contributed by atoms with E-state index < -0.39 is 0 Å². The zero-order valence-corrected chi connectivity index (χ0v) is 11.8. The van der Waals surface area contributed by atoms with Crippen LogP contribution in [0, 0.1) is 0 Å². The minimum absolute atomic E-state index is 0.245. The summed E-state index contributed by atoms with van der Waals surface area (Å²) in [6.07, 6.45) is 7.16. The molecule has 4 heterocycles. The predicted octanol–water partition coefficient (Wildman–Crippen LogP) is 1.56. The molecule has 1 aliphatic heterocycles. The van der Waals surface area contributed by atoms with E-state index in [2.05, 4.69) is 15.0 Å². The van der Waals surface area contributed by atoms with Gasteiger partial charge in [-0.2, -0.15) is 5.10 Å². The maximum atomic E-state index is 5.71. The van der Waals surface area contributed by atoms with Crippen LogP contribution in [0.15, 0.2) is 43.0 Å². The number of hydrogen-bond acceptors (Lipinski definition) is 6. The standard InChI is InChI=1S/C15H14N6O/c16-15-18-5-3-13(19-15)12-7-21(11-8-22-9-11)20-14(12)10-2-1-4-17-6-10/h1-7,11H,8-9H2,(H2,16,18,19). The Morgan fingerprint density at radius 1 is 1.23 bits per heavy atom. The van der Waals surface area contributed by atoms with E-state index in [1.165, 1.54) is 0 Å². The molecule has 0 bridgehead atoms. The minimum atomic E-state index is 0.245. The van der Waals surface area contributed by atoms with E-state index in [1.807, 2.05) is 29.1 Å². The lowest BCUT2D eigenvalue weighted by Crippen LogP contribution is -2.30. The molecule has 0 atom stereocenters. The molecule has 0 saturated carbocycles. The summed E-state index contributed by atoms with van der Waals surface area (Å²) in [5.41, 5.74) is 9.14. The molecule has 0 aliphatic carbocycles. The van der Waals surface area contributed by atoms with E-state index in [0.29, 0.717) is 13.2 Å². The van der Waals surface area contributed by atoms with Crippen molar-refractivity contribution in [2.24, 2.45) is 0 Å². The van der Waals surface area contributed by atoms with Crippen molar-refractivity contribution in [3.8, 4) is 22.5 Å². The van der Waals surface area contributed by atoms with Gasteiger partial charge in [0.05, 0.1) is 24.9 Å².